The summed E-state index contributed by atoms with van der Waals surface area (Å²) in [6.45, 7) is 0. The average Bonchev–Trinajstić information content (AvgIpc) is 2.48. The molecular formula is C12H6Cl5NO3S. The lowest BCUT2D eigenvalue weighted by Crippen LogP contribution is -2.33. The van der Waals surface area contributed by atoms with Gasteiger partial charge in [-0.05, 0) is 6.07 Å². The van der Waals surface area contributed by atoms with Crippen LogP contribution in [-0.2, 0) is 15.6 Å². The quantitative estimate of drug-likeness (QED) is 0.316. The van der Waals surface area contributed by atoms with Crippen molar-refractivity contribution in [2.75, 3.05) is 0 Å². The minimum Gasteiger partial charge on any atom is -0.618 e. The van der Waals surface area contributed by atoms with Gasteiger partial charge in [-0.25, -0.2) is 8.42 Å². The molecule has 0 aliphatic carbocycles. The Bertz CT molecular complexity index is 825. The summed E-state index contributed by atoms with van der Waals surface area (Å²) >= 11 is 29.6. The van der Waals surface area contributed by atoms with E-state index >= 15 is 0 Å². The van der Waals surface area contributed by atoms with Crippen LogP contribution in [0.4, 0.5) is 0 Å². The fraction of sp³-hybridized carbons (Fsp3) is 0.0833. The van der Waals surface area contributed by atoms with Crippen LogP contribution >= 0.6 is 58.0 Å². The van der Waals surface area contributed by atoms with Crippen molar-refractivity contribution in [2.24, 2.45) is 0 Å². The third-order valence-corrected chi connectivity index (χ3v) is 6.72. The van der Waals surface area contributed by atoms with Gasteiger partial charge in [-0.15, -0.1) is 0 Å². The van der Waals surface area contributed by atoms with Gasteiger partial charge in [0.1, 0.15) is 0 Å². The van der Waals surface area contributed by atoms with Crippen LogP contribution in [0.3, 0.4) is 0 Å². The highest BCUT2D eigenvalue weighted by Crippen LogP contribution is 2.44. The zero-order chi connectivity index (χ0) is 16.7. The Morgan fingerprint density at radius 1 is 0.909 bits per heavy atom. The summed E-state index contributed by atoms with van der Waals surface area (Å²) in [6.07, 6.45) is 1.07. The Morgan fingerprint density at radius 3 is 1.91 bits per heavy atom. The Balaban J connectivity index is 2.59. The van der Waals surface area contributed by atoms with Gasteiger partial charge in [0, 0.05) is 17.7 Å². The standard InChI is InChI=1S/C12H6Cl5NO3S/c13-8-6(9(14)11(16)12(17)10(8)15)5-22(20,21)7-3-1-2-4-18(7)19/h1-4H,5H2. The molecule has 4 nitrogen and oxygen atoms in total. The zero-order valence-corrected chi connectivity index (χ0v) is 15.1. The monoisotopic (exact) mass is 419 g/mol. The molecule has 0 aliphatic heterocycles. The summed E-state index contributed by atoms with van der Waals surface area (Å²) in [7, 11) is -4.01. The molecule has 0 N–H and O–H groups in total. The van der Waals surface area contributed by atoms with Gasteiger partial charge in [-0.3, -0.25) is 0 Å². The van der Waals surface area contributed by atoms with E-state index < -0.39 is 20.6 Å². The minimum atomic E-state index is -4.01. The highest BCUT2D eigenvalue weighted by atomic mass is 35.5. The largest absolute Gasteiger partial charge is 0.618 e. The lowest BCUT2D eigenvalue weighted by Gasteiger charge is -2.12. The molecule has 0 saturated heterocycles. The van der Waals surface area contributed by atoms with E-state index in [0.29, 0.717) is 0 Å². The Hall–Kier alpha value is -0.430. The molecule has 1 aromatic heterocycles. The van der Waals surface area contributed by atoms with Gasteiger partial charge in [0.05, 0.1) is 30.9 Å². The van der Waals surface area contributed by atoms with E-state index in [1.54, 1.807) is 0 Å². The lowest BCUT2D eigenvalue weighted by molar-refractivity contribution is -0.646. The molecule has 0 unspecified atom stereocenters. The van der Waals surface area contributed by atoms with Crippen molar-refractivity contribution < 1.29 is 13.1 Å². The van der Waals surface area contributed by atoms with Gasteiger partial charge in [0.15, 0.2) is 6.20 Å². The maximum atomic E-state index is 12.4. The number of sulfone groups is 1. The number of pyridine rings is 1. The van der Waals surface area contributed by atoms with E-state index in [0.717, 1.165) is 6.20 Å². The van der Waals surface area contributed by atoms with E-state index in [1.807, 2.05) is 0 Å². The SMILES string of the molecule is O=S(=O)(Cc1c(Cl)c(Cl)c(Cl)c(Cl)c1Cl)c1cccc[n+]1[O-]. The van der Waals surface area contributed by atoms with Gasteiger partial charge >= 0.3 is 5.03 Å². The number of benzene rings is 1. The first kappa shape index (κ1) is 17.9. The molecule has 0 fully saturated rings. The number of aromatic nitrogens is 1. The smallest absolute Gasteiger partial charge is 0.308 e. The summed E-state index contributed by atoms with van der Waals surface area (Å²) in [5, 5.41) is 10.6. The van der Waals surface area contributed by atoms with Gasteiger partial charge in [0.2, 0.25) is 9.84 Å². The van der Waals surface area contributed by atoms with Crippen LogP contribution in [0.15, 0.2) is 29.4 Å². The zero-order valence-electron chi connectivity index (χ0n) is 10.5. The van der Waals surface area contributed by atoms with Crippen LogP contribution < -0.4 is 4.73 Å². The number of hydrogen-bond donors (Lipinski definition) is 0. The molecule has 0 amide bonds. The molecule has 1 heterocycles. The van der Waals surface area contributed by atoms with Gasteiger partial charge in [-0.1, -0.05) is 58.0 Å². The topological polar surface area (TPSA) is 61.1 Å². The third kappa shape index (κ3) is 3.25. The molecule has 22 heavy (non-hydrogen) atoms. The molecule has 0 saturated carbocycles. The van der Waals surface area contributed by atoms with Crippen molar-refractivity contribution in [3.8, 4) is 0 Å². The second-order valence-electron chi connectivity index (χ2n) is 4.17. The number of halogens is 5. The van der Waals surface area contributed by atoms with Crippen molar-refractivity contribution in [1.82, 2.24) is 0 Å². The molecule has 2 aromatic rings. The van der Waals surface area contributed by atoms with E-state index in [2.05, 4.69) is 0 Å². The molecule has 0 spiro atoms. The van der Waals surface area contributed by atoms with Crippen molar-refractivity contribution in [3.05, 3.63) is 60.3 Å². The maximum Gasteiger partial charge on any atom is 0.308 e. The number of hydrogen-bond acceptors (Lipinski definition) is 3. The predicted octanol–water partition coefficient (Wildman–Crippen LogP) is 4.56. The molecule has 0 radical (unpaired) electrons. The summed E-state index contributed by atoms with van der Waals surface area (Å²) < 4.78 is 25.0. The van der Waals surface area contributed by atoms with Crippen LogP contribution in [0, 0.1) is 5.21 Å². The van der Waals surface area contributed by atoms with Gasteiger partial charge < -0.3 is 5.21 Å². The minimum absolute atomic E-state index is 0.0217. The fourth-order valence-electron chi connectivity index (χ4n) is 1.69. The summed E-state index contributed by atoms with van der Waals surface area (Å²) in [5.41, 5.74) is -0.0217. The van der Waals surface area contributed by atoms with Crippen molar-refractivity contribution in [3.63, 3.8) is 0 Å². The van der Waals surface area contributed by atoms with Crippen molar-refractivity contribution >= 4 is 67.8 Å². The van der Waals surface area contributed by atoms with Crippen LogP contribution in [0.25, 0.3) is 0 Å². The van der Waals surface area contributed by atoms with Crippen molar-refractivity contribution in [1.29, 1.82) is 0 Å². The van der Waals surface area contributed by atoms with Crippen LogP contribution in [-0.4, -0.2) is 8.42 Å². The molecule has 0 atom stereocenters. The molecule has 0 aliphatic rings. The van der Waals surface area contributed by atoms with E-state index in [4.69, 9.17) is 58.0 Å². The fourth-order valence-corrected chi connectivity index (χ4v) is 4.60. The average molecular weight is 422 g/mol. The molecule has 118 valence electrons. The predicted molar refractivity (Wildman–Crippen MR) is 87.8 cm³/mol. The maximum absolute atomic E-state index is 12.4. The number of rotatable bonds is 3. The summed E-state index contributed by atoms with van der Waals surface area (Å²) in [6, 6.07) is 4.00. The van der Waals surface area contributed by atoms with Crippen LogP contribution in [0.2, 0.25) is 25.1 Å². The van der Waals surface area contributed by atoms with E-state index in [1.165, 1.54) is 18.2 Å². The first-order valence-corrected chi connectivity index (χ1v) is 9.12. The van der Waals surface area contributed by atoms with E-state index in [-0.39, 0.29) is 35.4 Å². The molecular weight excluding hydrogens is 415 g/mol. The Morgan fingerprint density at radius 2 is 1.41 bits per heavy atom. The second-order valence-corrected chi connectivity index (χ2v) is 8.00. The Labute approximate surface area is 151 Å². The summed E-state index contributed by atoms with van der Waals surface area (Å²) in [5.74, 6) is -0.645. The summed E-state index contributed by atoms with van der Waals surface area (Å²) in [4.78, 5) is 0. The van der Waals surface area contributed by atoms with Crippen LogP contribution in [0.1, 0.15) is 5.56 Å². The Kier molecular flexibility index (Phi) is 5.37. The third-order valence-electron chi connectivity index (χ3n) is 2.74. The second kappa shape index (κ2) is 6.59. The highest BCUT2D eigenvalue weighted by molar-refractivity contribution is 7.90. The highest BCUT2D eigenvalue weighted by Gasteiger charge is 2.29. The molecule has 2 rings (SSSR count). The molecule has 0 bridgehead atoms. The normalized spacial score (nSPS) is 11.7. The van der Waals surface area contributed by atoms with Crippen LogP contribution in [0.5, 0.6) is 0 Å². The first-order chi connectivity index (χ1) is 10.2. The van der Waals surface area contributed by atoms with Gasteiger partial charge in [0.25, 0.3) is 0 Å². The van der Waals surface area contributed by atoms with E-state index in [9.17, 15) is 13.6 Å². The lowest BCUT2D eigenvalue weighted by atomic mass is 10.2. The van der Waals surface area contributed by atoms with Gasteiger partial charge in [-0.2, -0.15) is 4.73 Å². The molecule has 10 heteroatoms. The first-order valence-electron chi connectivity index (χ1n) is 5.58. The number of nitrogens with zero attached hydrogens (tertiary/aromatic N) is 1. The van der Waals surface area contributed by atoms with Crippen molar-refractivity contribution in [2.45, 2.75) is 10.8 Å². The molecule has 1 aromatic carbocycles.